The molecule has 2 amide bonds. The zero-order valence-electron chi connectivity index (χ0n) is 15.4. The first-order valence-corrected chi connectivity index (χ1v) is 8.42. The number of rotatable bonds is 5. The van der Waals surface area contributed by atoms with E-state index in [4.69, 9.17) is 4.42 Å². The number of aryl methyl sites for hydroxylation is 1. The number of aromatic nitrogens is 1. The summed E-state index contributed by atoms with van der Waals surface area (Å²) >= 11 is 0. The lowest BCUT2D eigenvalue weighted by Crippen LogP contribution is -2.24. The van der Waals surface area contributed by atoms with Crippen LogP contribution in [-0.2, 0) is 11.3 Å². The lowest BCUT2D eigenvalue weighted by Gasteiger charge is -2.07. The van der Waals surface area contributed by atoms with Crippen LogP contribution in [0.1, 0.15) is 27.2 Å². The van der Waals surface area contributed by atoms with Crippen LogP contribution in [0.5, 0.6) is 0 Å². The lowest BCUT2D eigenvalue weighted by molar-refractivity contribution is 0.0949. The number of nitrogens with one attached hydrogen (secondary N) is 2. The van der Waals surface area contributed by atoms with Crippen LogP contribution >= 0.6 is 0 Å². The van der Waals surface area contributed by atoms with Gasteiger partial charge in [-0.15, -0.1) is 0 Å². The Hall–Kier alpha value is -3.99. The standard InChI is InChI=1S/C20H18N4O4/c1-13-17(16(11-21)19(28-13)24-9-3-4-10-24)18(25)22-12-14-5-7-15(8-6-14)23-20(26)27-2/h3-10H,12H2,1-2H3,(H,22,25)(H,23,26). The molecule has 8 heteroatoms. The summed E-state index contributed by atoms with van der Waals surface area (Å²) < 4.78 is 11.8. The Labute approximate surface area is 161 Å². The van der Waals surface area contributed by atoms with Crippen LogP contribution in [0.4, 0.5) is 10.5 Å². The largest absolute Gasteiger partial charge is 0.453 e. The smallest absolute Gasteiger partial charge is 0.411 e. The van der Waals surface area contributed by atoms with Gasteiger partial charge in [0.2, 0.25) is 5.88 Å². The highest BCUT2D eigenvalue weighted by atomic mass is 16.5. The average Bonchev–Trinajstić information content (AvgIpc) is 3.34. The normalized spacial score (nSPS) is 10.2. The van der Waals surface area contributed by atoms with Crippen LogP contribution in [0.3, 0.4) is 0 Å². The van der Waals surface area contributed by atoms with E-state index in [1.807, 2.05) is 0 Å². The van der Waals surface area contributed by atoms with Crippen LogP contribution in [0.15, 0.2) is 53.2 Å². The molecule has 8 nitrogen and oxygen atoms in total. The minimum absolute atomic E-state index is 0.184. The number of carbonyl (C=O) groups excluding carboxylic acids is 2. The van der Waals surface area contributed by atoms with E-state index in [1.54, 1.807) is 60.3 Å². The molecule has 142 valence electrons. The predicted molar refractivity (Wildman–Crippen MR) is 101 cm³/mol. The van der Waals surface area contributed by atoms with E-state index in [9.17, 15) is 14.9 Å². The second kappa shape index (κ2) is 8.14. The summed E-state index contributed by atoms with van der Waals surface area (Å²) in [5.41, 5.74) is 1.81. The van der Waals surface area contributed by atoms with Crippen molar-refractivity contribution in [1.82, 2.24) is 9.88 Å². The second-order valence-corrected chi connectivity index (χ2v) is 5.91. The zero-order chi connectivity index (χ0) is 20.1. The Balaban J connectivity index is 1.72. The molecule has 0 aliphatic carbocycles. The van der Waals surface area contributed by atoms with Gasteiger partial charge in [0.05, 0.1) is 7.11 Å². The summed E-state index contributed by atoms with van der Waals surface area (Å²) in [5.74, 6) is 0.289. The number of hydrogen-bond donors (Lipinski definition) is 2. The first-order chi connectivity index (χ1) is 13.5. The Morgan fingerprint density at radius 3 is 2.50 bits per heavy atom. The molecule has 0 aliphatic heterocycles. The van der Waals surface area contributed by atoms with E-state index >= 15 is 0 Å². The molecule has 0 spiro atoms. The van der Waals surface area contributed by atoms with Crippen molar-refractivity contribution in [3.05, 3.63) is 71.2 Å². The first-order valence-electron chi connectivity index (χ1n) is 8.42. The van der Waals surface area contributed by atoms with Crippen LogP contribution in [0.25, 0.3) is 5.88 Å². The average molecular weight is 378 g/mol. The van der Waals surface area contributed by atoms with Gasteiger partial charge in [-0.1, -0.05) is 12.1 Å². The minimum Gasteiger partial charge on any atom is -0.453 e. The van der Waals surface area contributed by atoms with Gasteiger partial charge in [0.25, 0.3) is 5.91 Å². The monoisotopic (exact) mass is 378 g/mol. The van der Waals surface area contributed by atoms with E-state index in [2.05, 4.69) is 21.4 Å². The number of furan rings is 1. The van der Waals surface area contributed by atoms with E-state index in [0.29, 0.717) is 17.3 Å². The SMILES string of the molecule is COC(=O)Nc1ccc(CNC(=O)c2c(C)oc(-n3cccc3)c2C#N)cc1. The highest BCUT2D eigenvalue weighted by molar-refractivity contribution is 5.98. The molecule has 0 aliphatic rings. The molecule has 28 heavy (non-hydrogen) atoms. The van der Waals surface area contributed by atoms with Crippen molar-refractivity contribution in [3.8, 4) is 12.0 Å². The highest BCUT2D eigenvalue weighted by Gasteiger charge is 2.24. The number of methoxy groups -OCH3 is 1. The van der Waals surface area contributed by atoms with E-state index < -0.39 is 12.0 Å². The van der Waals surface area contributed by atoms with Crippen LogP contribution in [0, 0.1) is 18.3 Å². The van der Waals surface area contributed by atoms with Gasteiger partial charge in [0.1, 0.15) is 23.0 Å². The molecule has 0 unspecified atom stereocenters. The quantitative estimate of drug-likeness (QED) is 0.707. The summed E-state index contributed by atoms with van der Waals surface area (Å²) in [6.07, 6.45) is 2.93. The van der Waals surface area contributed by atoms with Crippen LogP contribution < -0.4 is 10.6 Å². The van der Waals surface area contributed by atoms with Gasteiger partial charge in [-0.25, -0.2) is 4.79 Å². The van der Waals surface area contributed by atoms with Gasteiger partial charge < -0.3 is 14.5 Å². The molecule has 0 atom stereocenters. The van der Waals surface area contributed by atoms with Gasteiger partial charge in [0, 0.05) is 24.6 Å². The van der Waals surface area contributed by atoms with Gasteiger partial charge in [-0.2, -0.15) is 5.26 Å². The topological polar surface area (TPSA) is 109 Å². The van der Waals surface area contributed by atoms with Gasteiger partial charge in [0.15, 0.2) is 0 Å². The third-order valence-corrected chi connectivity index (χ3v) is 4.08. The molecule has 0 radical (unpaired) electrons. The fourth-order valence-corrected chi connectivity index (χ4v) is 2.70. The molecule has 0 fully saturated rings. The molecule has 2 heterocycles. The summed E-state index contributed by atoms with van der Waals surface area (Å²) in [7, 11) is 1.29. The van der Waals surface area contributed by atoms with Crippen molar-refractivity contribution in [2.75, 3.05) is 12.4 Å². The van der Waals surface area contributed by atoms with Gasteiger partial charge in [-0.3, -0.25) is 14.7 Å². The number of amides is 2. The van der Waals surface area contributed by atoms with Gasteiger partial charge in [-0.05, 0) is 36.8 Å². The summed E-state index contributed by atoms with van der Waals surface area (Å²) in [5, 5.41) is 14.9. The van der Waals surface area contributed by atoms with E-state index in [-0.39, 0.29) is 17.7 Å². The fraction of sp³-hybridized carbons (Fsp3) is 0.150. The molecule has 0 bridgehead atoms. The number of carbonyl (C=O) groups is 2. The Bertz CT molecular complexity index is 1030. The van der Waals surface area contributed by atoms with E-state index in [1.165, 1.54) is 7.11 Å². The highest BCUT2D eigenvalue weighted by Crippen LogP contribution is 2.25. The molecule has 0 saturated carbocycles. The van der Waals surface area contributed by atoms with Crippen LogP contribution in [-0.4, -0.2) is 23.7 Å². The van der Waals surface area contributed by atoms with Crippen LogP contribution in [0.2, 0.25) is 0 Å². The summed E-state index contributed by atoms with van der Waals surface area (Å²) in [6.45, 7) is 1.90. The number of anilines is 1. The molecule has 2 aromatic heterocycles. The molecule has 1 aromatic carbocycles. The molecular formula is C20H18N4O4. The van der Waals surface area contributed by atoms with Crippen molar-refractivity contribution < 1.29 is 18.7 Å². The fourth-order valence-electron chi connectivity index (χ4n) is 2.70. The minimum atomic E-state index is -0.556. The molecule has 0 saturated heterocycles. The summed E-state index contributed by atoms with van der Waals surface area (Å²) in [6, 6.07) is 12.6. The Morgan fingerprint density at radius 2 is 1.89 bits per heavy atom. The molecule has 3 rings (SSSR count). The van der Waals surface area contributed by atoms with Crippen molar-refractivity contribution >= 4 is 17.7 Å². The number of benzene rings is 1. The maximum Gasteiger partial charge on any atom is 0.411 e. The third kappa shape index (κ3) is 3.88. The number of hydrogen-bond acceptors (Lipinski definition) is 5. The maximum absolute atomic E-state index is 12.6. The number of nitrogens with zero attached hydrogens (tertiary/aromatic N) is 2. The van der Waals surface area contributed by atoms with Gasteiger partial charge >= 0.3 is 6.09 Å². The third-order valence-electron chi connectivity index (χ3n) is 4.08. The number of ether oxygens (including phenoxy) is 1. The van der Waals surface area contributed by atoms with Crippen molar-refractivity contribution in [1.29, 1.82) is 5.26 Å². The lowest BCUT2D eigenvalue weighted by atomic mass is 10.1. The predicted octanol–water partition coefficient (Wildman–Crippen LogP) is 3.36. The molecule has 3 aromatic rings. The second-order valence-electron chi connectivity index (χ2n) is 5.91. The first kappa shape index (κ1) is 18.8. The van der Waals surface area contributed by atoms with Crippen molar-refractivity contribution in [3.63, 3.8) is 0 Å². The maximum atomic E-state index is 12.6. The Kier molecular flexibility index (Phi) is 5.46. The van der Waals surface area contributed by atoms with Crippen molar-refractivity contribution in [2.45, 2.75) is 13.5 Å². The van der Waals surface area contributed by atoms with Crippen molar-refractivity contribution in [2.24, 2.45) is 0 Å². The molecule has 2 N–H and O–H groups in total. The Morgan fingerprint density at radius 1 is 1.21 bits per heavy atom. The van der Waals surface area contributed by atoms with E-state index in [0.717, 1.165) is 5.56 Å². The number of nitriles is 1. The molecular weight excluding hydrogens is 360 g/mol. The summed E-state index contributed by atoms with van der Waals surface area (Å²) in [4.78, 5) is 23.8. The zero-order valence-corrected chi connectivity index (χ0v) is 15.4.